The summed E-state index contributed by atoms with van der Waals surface area (Å²) < 4.78 is 10.8. The van der Waals surface area contributed by atoms with Crippen LogP contribution in [0.1, 0.15) is 18.2 Å². The molecule has 2 aromatic rings. The van der Waals surface area contributed by atoms with E-state index >= 15 is 0 Å². The number of pyridine rings is 1. The van der Waals surface area contributed by atoms with Gasteiger partial charge in [0.25, 0.3) is 0 Å². The topological polar surface area (TPSA) is 43.4 Å². The van der Waals surface area contributed by atoms with E-state index in [0.29, 0.717) is 0 Å². The van der Waals surface area contributed by atoms with Gasteiger partial charge in [-0.1, -0.05) is 0 Å². The SMILES string of the molecule is CCNc1c(C)c(C)nc2cc(OC)cc(OC)c12. The van der Waals surface area contributed by atoms with Crippen LogP contribution in [0.15, 0.2) is 12.1 Å². The van der Waals surface area contributed by atoms with Gasteiger partial charge in [-0.15, -0.1) is 0 Å². The first-order chi connectivity index (χ1) is 9.12. The largest absolute Gasteiger partial charge is 0.497 e. The van der Waals surface area contributed by atoms with Crippen LogP contribution in [0.4, 0.5) is 5.69 Å². The molecular weight excluding hydrogens is 240 g/mol. The van der Waals surface area contributed by atoms with Crippen LogP contribution < -0.4 is 14.8 Å². The van der Waals surface area contributed by atoms with Gasteiger partial charge in [0.05, 0.1) is 30.8 Å². The fraction of sp³-hybridized carbons (Fsp3) is 0.400. The maximum atomic E-state index is 5.49. The molecule has 0 aliphatic heterocycles. The molecule has 0 radical (unpaired) electrons. The normalized spacial score (nSPS) is 10.6. The second-order valence-electron chi connectivity index (χ2n) is 4.45. The summed E-state index contributed by atoms with van der Waals surface area (Å²) in [6, 6.07) is 3.82. The van der Waals surface area contributed by atoms with E-state index in [-0.39, 0.29) is 0 Å². The highest BCUT2D eigenvalue weighted by Crippen LogP contribution is 2.37. The van der Waals surface area contributed by atoms with Crippen LogP contribution in [0, 0.1) is 13.8 Å². The molecule has 1 aromatic heterocycles. The Morgan fingerprint density at radius 3 is 2.47 bits per heavy atom. The summed E-state index contributed by atoms with van der Waals surface area (Å²) in [4.78, 5) is 4.64. The van der Waals surface area contributed by atoms with Crippen molar-refractivity contribution in [3.05, 3.63) is 23.4 Å². The van der Waals surface area contributed by atoms with Crippen molar-refractivity contribution < 1.29 is 9.47 Å². The first-order valence-corrected chi connectivity index (χ1v) is 6.39. The summed E-state index contributed by atoms with van der Waals surface area (Å²) in [6.07, 6.45) is 0. The molecule has 1 N–H and O–H groups in total. The standard InChI is InChI=1S/C15H20N2O2/c1-6-16-15-9(2)10(3)17-12-7-11(18-4)8-13(19-5)14(12)15/h7-8H,6H2,1-5H3,(H,16,17). The van der Waals surface area contributed by atoms with Gasteiger partial charge in [0.1, 0.15) is 11.5 Å². The molecule has 102 valence electrons. The van der Waals surface area contributed by atoms with Gasteiger partial charge in [-0.2, -0.15) is 0 Å². The molecule has 0 atom stereocenters. The van der Waals surface area contributed by atoms with E-state index in [4.69, 9.17) is 9.47 Å². The van der Waals surface area contributed by atoms with Crippen molar-refractivity contribution in [1.82, 2.24) is 4.98 Å². The number of rotatable bonds is 4. The third kappa shape index (κ3) is 2.30. The van der Waals surface area contributed by atoms with Crippen molar-refractivity contribution in [2.75, 3.05) is 26.1 Å². The molecule has 0 saturated carbocycles. The van der Waals surface area contributed by atoms with E-state index in [1.165, 1.54) is 0 Å². The van der Waals surface area contributed by atoms with Gasteiger partial charge < -0.3 is 14.8 Å². The molecule has 1 aromatic carbocycles. The van der Waals surface area contributed by atoms with Crippen LogP contribution in [0.25, 0.3) is 10.9 Å². The first-order valence-electron chi connectivity index (χ1n) is 6.39. The predicted octanol–water partition coefficient (Wildman–Crippen LogP) is 3.30. The fourth-order valence-electron chi connectivity index (χ4n) is 2.23. The molecule has 0 unspecified atom stereocenters. The number of hydrogen-bond acceptors (Lipinski definition) is 4. The van der Waals surface area contributed by atoms with E-state index in [1.54, 1.807) is 14.2 Å². The van der Waals surface area contributed by atoms with E-state index < -0.39 is 0 Å². The number of methoxy groups -OCH3 is 2. The maximum absolute atomic E-state index is 5.49. The molecule has 0 aliphatic rings. The van der Waals surface area contributed by atoms with Crippen molar-refractivity contribution >= 4 is 16.6 Å². The highest BCUT2D eigenvalue weighted by atomic mass is 16.5. The first kappa shape index (κ1) is 13.5. The van der Waals surface area contributed by atoms with Gasteiger partial charge in [-0.05, 0) is 26.3 Å². The molecule has 0 fully saturated rings. The lowest BCUT2D eigenvalue weighted by Crippen LogP contribution is -2.04. The summed E-state index contributed by atoms with van der Waals surface area (Å²) >= 11 is 0. The summed E-state index contributed by atoms with van der Waals surface area (Å²) in [5.41, 5.74) is 4.14. The Kier molecular flexibility index (Phi) is 3.79. The number of aromatic nitrogens is 1. The van der Waals surface area contributed by atoms with Gasteiger partial charge in [0.2, 0.25) is 0 Å². The monoisotopic (exact) mass is 260 g/mol. The zero-order valence-corrected chi connectivity index (χ0v) is 12.1. The number of nitrogens with zero attached hydrogens (tertiary/aromatic N) is 1. The number of hydrogen-bond donors (Lipinski definition) is 1. The second-order valence-corrected chi connectivity index (χ2v) is 4.45. The molecule has 0 amide bonds. The Labute approximate surface area is 113 Å². The van der Waals surface area contributed by atoms with E-state index in [9.17, 15) is 0 Å². The average molecular weight is 260 g/mol. The van der Waals surface area contributed by atoms with Crippen molar-refractivity contribution in [3.63, 3.8) is 0 Å². The minimum absolute atomic E-state index is 0.752. The fourth-order valence-corrected chi connectivity index (χ4v) is 2.23. The number of benzene rings is 1. The lowest BCUT2D eigenvalue weighted by atomic mass is 10.1. The molecule has 19 heavy (non-hydrogen) atoms. The van der Waals surface area contributed by atoms with Gasteiger partial charge in [0.15, 0.2) is 0 Å². The number of anilines is 1. The van der Waals surface area contributed by atoms with Gasteiger partial charge in [-0.25, -0.2) is 0 Å². The number of aryl methyl sites for hydroxylation is 1. The lowest BCUT2D eigenvalue weighted by Gasteiger charge is -2.16. The molecule has 0 aliphatic carbocycles. The zero-order chi connectivity index (χ0) is 14.0. The summed E-state index contributed by atoms with van der Waals surface area (Å²) in [7, 11) is 3.31. The Morgan fingerprint density at radius 2 is 1.89 bits per heavy atom. The zero-order valence-electron chi connectivity index (χ0n) is 12.1. The molecule has 1 heterocycles. The number of ether oxygens (including phenoxy) is 2. The van der Waals surface area contributed by atoms with E-state index in [2.05, 4.69) is 24.1 Å². The van der Waals surface area contributed by atoms with Crippen LogP contribution in [-0.4, -0.2) is 25.7 Å². The number of fused-ring (bicyclic) bond motifs is 1. The number of nitrogens with one attached hydrogen (secondary N) is 1. The molecule has 0 spiro atoms. The second kappa shape index (κ2) is 5.34. The molecule has 4 heteroatoms. The Hall–Kier alpha value is -1.97. The predicted molar refractivity (Wildman–Crippen MR) is 78.5 cm³/mol. The summed E-state index contributed by atoms with van der Waals surface area (Å²) in [5.74, 6) is 1.53. The highest BCUT2D eigenvalue weighted by Gasteiger charge is 2.14. The van der Waals surface area contributed by atoms with Crippen LogP contribution in [0.5, 0.6) is 11.5 Å². The lowest BCUT2D eigenvalue weighted by molar-refractivity contribution is 0.398. The molecular formula is C15H20N2O2. The van der Waals surface area contributed by atoms with E-state index in [1.807, 2.05) is 19.1 Å². The summed E-state index contributed by atoms with van der Waals surface area (Å²) in [6.45, 7) is 7.02. The smallest absolute Gasteiger partial charge is 0.134 e. The average Bonchev–Trinajstić information content (AvgIpc) is 2.42. The van der Waals surface area contributed by atoms with Gasteiger partial charge in [0, 0.05) is 24.4 Å². The summed E-state index contributed by atoms with van der Waals surface area (Å²) in [5, 5.41) is 4.42. The third-order valence-corrected chi connectivity index (χ3v) is 3.32. The van der Waals surface area contributed by atoms with Crippen LogP contribution in [-0.2, 0) is 0 Å². The van der Waals surface area contributed by atoms with E-state index in [0.717, 1.165) is 45.9 Å². The highest BCUT2D eigenvalue weighted by molar-refractivity contribution is 5.99. The third-order valence-electron chi connectivity index (χ3n) is 3.32. The van der Waals surface area contributed by atoms with Gasteiger partial charge >= 0.3 is 0 Å². The Morgan fingerprint density at radius 1 is 1.16 bits per heavy atom. The van der Waals surface area contributed by atoms with Crippen molar-refractivity contribution in [2.45, 2.75) is 20.8 Å². The van der Waals surface area contributed by atoms with Gasteiger partial charge in [-0.3, -0.25) is 4.98 Å². The Balaban J connectivity index is 2.85. The minimum atomic E-state index is 0.752. The molecule has 0 bridgehead atoms. The van der Waals surface area contributed by atoms with Crippen LogP contribution in [0.2, 0.25) is 0 Å². The molecule has 0 saturated heterocycles. The van der Waals surface area contributed by atoms with Crippen molar-refractivity contribution in [2.24, 2.45) is 0 Å². The van der Waals surface area contributed by atoms with Crippen LogP contribution >= 0.6 is 0 Å². The van der Waals surface area contributed by atoms with Crippen molar-refractivity contribution in [3.8, 4) is 11.5 Å². The molecule has 4 nitrogen and oxygen atoms in total. The quantitative estimate of drug-likeness (QED) is 0.916. The minimum Gasteiger partial charge on any atom is -0.497 e. The Bertz CT molecular complexity index is 609. The maximum Gasteiger partial charge on any atom is 0.134 e. The van der Waals surface area contributed by atoms with Crippen molar-refractivity contribution in [1.29, 1.82) is 0 Å². The molecule has 2 rings (SSSR count). The van der Waals surface area contributed by atoms with Crippen LogP contribution in [0.3, 0.4) is 0 Å².